The van der Waals surface area contributed by atoms with Crippen molar-refractivity contribution in [3.8, 4) is 23.5 Å². The lowest BCUT2D eigenvalue weighted by Crippen LogP contribution is -2.08. The molecule has 0 amide bonds. The SMILES string of the molecule is CCc1c(C#N)c(-n2c3ccc(C)cc3c3cc(C)ccc32)cc(-n2c3ccc(C)cc3c3cc(C)ccc32)c1C#N. The Labute approximate surface area is 245 Å². The number of nitrogens with zero attached hydrogens (tertiary/aromatic N) is 4. The number of aryl methyl sites for hydroxylation is 4. The van der Waals surface area contributed by atoms with Gasteiger partial charge in [-0.25, -0.2) is 0 Å². The Balaban J connectivity index is 1.69. The Morgan fingerprint density at radius 2 is 0.810 bits per heavy atom. The van der Waals surface area contributed by atoms with Crippen molar-refractivity contribution in [3.05, 3.63) is 118 Å². The van der Waals surface area contributed by atoms with E-state index < -0.39 is 0 Å². The Morgan fingerprint density at radius 1 is 0.500 bits per heavy atom. The fourth-order valence-electron chi connectivity index (χ4n) is 6.68. The summed E-state index contributed by atoms with van der Waals surface area (Å²) in [6, 6.07) is 33.1. The number of aromatic nitrogens is 2. The van der Waals surface area contributed by atoms with Crippen LogP contribution in [-0.4, -0.2) is 9.13 Å². The van der Waals surface area contributed by atoms with Crippen LogP contribution in [0.1, 0.15) is 45.9 Å². The van der Waals surface area contributed by atoms with Crippen LogP contribution < -0.4 is 0 Å². The smallest absolute Gasteiger partial charge is 0.102 e. The Kier molecular flexibility index (Phi) is 5.72. The molecule has 0 aliphatic carbocycles. The monoisotopic (exact) mass is 542 g/mol. The van der Waals surface area contributed by atoms with Gasteiger partial charge in [0.15, 0.2) is 0 Å². The van der Waals surface area contributed by atoms with E-state index >= 15 is 0 Å². The summed E-state index contributed by atoms with van der Waals surface area (Å²) in [6.07, 6.45) is 0.567. The maximum absolute atomic E-state index is 10.6. The zero-order chi connectivity index (χ0) is 29.3. The van der Waals surface area contributed by atoms with Crippen LogP contribution >= 0.6 is 0 Å². The molecule has 0 saturated heterocycles. The third-order valence-corrected chi connectivity index (χ3v) is 8.60. The summed E-state index contributed by atoms with van der Waals surface area (Å²) in [7, 11) is 0. The lowest BCUT2D eigenvalue weighted by molar-refractivity contribution is 1.05. The molecule has 5 aromatic carbocycles. The van der Waals surface area contributed by atoms with Gasteiger partial charge in [0, 0.05) is 21.5 Å². The molecule has 0 saturated carbocycles. The van der Waals surface area contributed by atoms with E-state index in [1.807, 2.05) is 6.92 Å². The normalized spacial score (nSPS) is 11.5. The molecule has 0 bridgehead atoms. The first-order valence-electron chi connectivity index (χ1n) is 14.4. The second kappa shape index (κ2) is 9.37. The van der Waals surface area contributed by atoms with Gasteiger partial charge in [-0.15, -0.1) is 0 Å². The maximum Gasteiger partial charge on any atom is 0.102 e. The molecule has 0 N–H and O–H groups in total. The topological polar surface area (TPSA) is 57.4 Å². The molecule has 42 heavy (non-hydrogen) atoms. The molecule has 4 nitrogen and oxygen atoms in total. The van der Waals surface area contributed by atoms with Crippen LogP contribution in [0.2, 0.25) is 0 Å². The van der Waals surface area contributed by atoms with Crippen LogP contribution in [0.4, 0.5) is 0 Å². The van der Waals surface area contributed by atoms with E-state index in [1.54, 1.807) is 0 Å². The van der Waals surface area contributed by atoms with E-state index in [1.165, 1.54) is 22.3 Å². The van der Waals surface area contributed by atoms with Gasteiger partial charge < -0.3 is 9.13 Å². The second-order valence-corrected chi connectivity index (χ2v) is 11.5. The van der Waals surface area contributed by atoms with E-state index in [0.717, 1.165) is 60.5 Å². The van der Waals surface area contributed by atoms with E-state index in [4.69, 9.17) is 0 Å². The molecule has 0 aliphatic rings. The van der Waals surface area contributed by atoms with Crippen molar-refractivity contribution >= 4 is 43.6 Å². The highest BCUT2D eigenvalue weighted by Crippen LogP contribution is 2.40. The minimum absolute atomic E-state index is 0.546. The first kappa shape index (κ1) is 25.6. The van der Waals surface area contributed by atoms with Gasteiger partial charge in [0.2, 0.25) is 0 Å². The molecule has 0 fully saturated rings. The lowest BCUT2D eigenvalue weighted by atomic mass is 9.95. The molecule has 0 radical (unpaired) electrons. The third kappa shape index (κ3) is 3.59. The fourth-order valence-corrected chi connectivity index (χ4v) is 6.68. The number of hydrogen-bond acceptors (Lipinski definition) is 2. The summed E-state index contributed by atoms with van der Waals surface area (Å²) >= 11 is 0. The quantitative estimate of drug-likeness (QED) is 0.223. The summed E-state index contributed by atoms with van der Waals surface area (Å²) in [6.45, 7) is 10.5. The van der Waals surface area contributed by atoms with Gasteiger partial charge in [0.1, 0.15) is 12.1 Å². The highest BCUT2D eigenvalue weighted by atomic mass is 15.0. The number of benzene rings is 5. The summed E-state index contributed by atoms with van der Waals surface area (Å²) in [5.74, 6) is 0. The molecule has 0 aliphatic heterocycles. The number of fused-ring (bicyclic) bond motifs is 6. The van der Waals surface area contributed by atoms with Crippen LogP contribution in [0.5, 0.6) is 0 Å². The van der Waals surface area contributed by atoms with Gasteiger partial charge in [-0.2, -0.15) is 10.5 Å². The van der Waals surface area contributed by atoms with E-state index in [9.17, 15) is 10.5 Å². The van der Waals surface area contributed by atoms with Crippen molar-refractivity contribution in [2.75, 3.05) is 0 Å². The minimum atomic E-state index is 0.546. The summed E-state index contributed by atoms with van der Waals surface area (Å²) in [4.78, 5) is 0. The predicted octanol–water partition coefficient (Wildman–Crippen LogP) is 9.42. The first-order valence-corrected chi connectivity index (χ1v) is 14.4. The molecule has 4 heteroatoms. The third-order valence-electron chi connectivity index (χ3n) is 8.60. The molecular formula is C38H30N4. The molecule has 0 unspecified atom stereocenters. The Hall–Kier alpha value is -5.32. The van der Waals surface area contributed by atoms with Gasteiger partial charge in [-0.1, -0.05) is 53.4 Å². The lowest BCUT2D eigenvalue weighted by Gasteiger charge is -2.19. The van der Waals surface area contributed by atoms with Crippen LogP contribution in [0, 0.1) is 50.4 Å². The van der Waals surface area contributed by atoms with Crippen LogP contribution in [-0.2, 0) is 6.42 Å². The standard InChI is InChI=1S/C38H30N4/c1-6-26-31(20-39)37(41-33-11-7-22(2)15-27(33)28-16-23(3)8-12-34(28)41)19-38(32(26)21-40)42-35-13-9-24(4)17-29(35)30-18-25(5)10-14-36(30)42/h7-19H,6H2,1-5H3. The van der Waals surface area contributed by atoms with Crippen LogP contribution in [0.3, 0.4) is 0 Å². The molecule has 0 atom stereocenters. The molecule has 7 rings (SSSR count). The van der Waals surface area contributed by atoms with Crippen LogP contribution in [0.25, 0.3) is 55.0 Å². The fraction of sp³-hybridized carbons (Fsp3) is 0.158. The molecule has 7 aromatic rings. The van der Waals surface area contributed by atoms with Crippen molar-refractivity contribution in [1.82, 2.24) is 9.13 Å². The highest BCUT2D eigenvalue weighted by Gasteiger charge is 2.24. The second-order valence-electron chi connectivity index (χ2n) is 11.5. The van der Waals surface area contributed by atoms with Crippen molar-refractivity contribution in [2.45, 2.75) is 41.0 Å². The molecule has 0 spiro atoms. The van der Waals surface area contributed by atoms with Gasteiger partial charge in [0.05, 0.1) is 44.6 Å². The van der Waals surface area contributed by atoms with Gasteiger partial charge in [-0.05, 0) is 94.3 Å². The molecule has 2 aromatic heterocycles. The number of rotatable bonds is 3. The largest absolute Gasteiger partial charge is 0.308 e. The van der Waals surface area contributed by atoms with Gasteiger partial charge in [-0.3, -0.25) is 0 Å². The van der Waals surface area contributed by atoms with Crippen molar-refractivity contribution in [2.24, 2.45) is 0 Å². The number of hydrogen-bond donors (Lipinski definition) is 0. The summed E-state index contributed by atoms with van der Waals surface area (Å²) in [5, 5.41) is 25.9. The number of nitriles is 2. The first-order chi connectivity index (χ1) is 20.3. The van der Waals surface area contributed by atoms with Crippen molar-refractivity contribution in [1.29, 1.82) is 10.5 Å². The summed E-state index contributed by atoms with van der Waals surface area (Å²) in [5.41, 5.74) is 12.4. The minimum Gasteiger partial charge on any atom is -0.308 e. The average Bonchev–Trinajstić information content (AvgIpc) is 3.46. The average molecular weight is 543 g/mol. The predicted molar refractivity (Wildman–Crippen MR) is 173 cm³/mol. The Morgan fingerprint density at radius 3 is 1.07 bits per heavy atom. The van der Waals surface area contributed by atoms with E-state index in [-0.39, 0.29) is 0 Å². The molecular weight excluding hydrogens is 512 g/mol. The zero-order valence-electron chi connectivity index (χ0n) is 24.5. The molecule has 202 valence electrons. The maximum atomic E-state index is 10.6. The van der Waals surface area contributed by atoms with Crippen molar-refractivity contribution in [3.63, 3.8) is 0 Å². The van der Waals surface area contributed by atoms with Crippen molar-refractivity contribution < 1.29 is 0 Å². The Bertz CT molecular complexity index is 2070. The van der Waals surface area contributed by atoms with E-state index in [0.29, 0.717) is 17.5 Å². The highest BCUT2D eigenvalue weighted by molar-refractivity contribution is 6.11. The summed E-state index contributed by atoms with van der Waals surface area (Å²) < 4.78 is 4.43. The zero-order valence-corrected chi connectivity index (χ0v) is 24.5. The van der Waals surface area contributed by atoms with Gasteiger partial charge >= 0.3 is 0 Å². The van der Waals surface area contributed by atoms with Gasteiger partial charge in [0.25, 0.3) is 0 Å². The molecule has 2 heterocycles. The van der Waals surface area contributed by atoms with E-state index in [2.05, 4.69) is 128 Å². The van der Waals surface area contributed by atoms with Crippen LogP contribution in [0.15, 0.2) is 78.9 Å².